The summed E-state index contributed by atoms with van der Waals surface area (Å²) in [6.07, 6.45) is 8.14. The molecule has 146 valence electrons. The van der Waals surface area contributed by atoms with Crippen LogP contribution in [0.3, 0.4) is 0 Å². The lowest BCUT2D eigenvalue weighted by Gasteiger charge is -2.26. The Morgan fingerprint density at radius 3 is 3.00 bits per heavy atom. The van der Waals surface area contributed by atoms with Crippen LogP contribution >= 0.6 is 0 Å². The number of nitrogens with one attached hydrogen (secondary N) is 1. The van der Waals surface area contributed by atoms with E-state index in [0.717, 1.165) is 30.8 Å². The molecule has 28 heavy (non-hydrogen) atoms. The van der Waals surface area contributed by atoms with Crippen LogP contribution in [0.15, 0.2) is 36.9 Å². The topological polar surface area (TPSA) is 75.4 Å². The van der Waals surface area contributed by atoms with Crippen LogP contribution in [0, 0.1) is 11.7 Å². The molecule has 1 aliphatic heterocycles. The minimum absolute atomic E-state index is 0.0132. The number of hydrogen-bond donors (Lipinski definition) is 1. The van der Waals surface area contributed by atoms with E-state index in [0.29, 0.717) is 23.7 Å². The van der Waals surface area contributed by atoms with Crippen LogP contribution in [-0.4, -0.2) is 38.6 Å². The molecule has 4 rings (SSSR count). The molecule has 3 aromatic rings. The third-order valence-corrected chi connectivity index (χ3v) is 4.93. The van der Waals surface area contributed by atoms with Crippen molar-refractivity contribution in [2.24, 2.45) is 5.92 Å². The monoisotopic (exact) mass is 382 g/mol. The molecule has 0 aromatic carbocycles. The van der Waals surface area contributed by atoms with Gasteiger partial charge in [0.2, 0.25) is 0 Å². The predicted molar refractivity (Wildman–Crippen MR) is 104 cm³/mol. The lowest BCUT2D eigenvalue weighted by molar-refractivity contribution is 0.0950. The molecule has 1 N–H and O–H groups in total. The molecule has 1 aliphatic rings. The van der Waals surface area contributed by atoms with E-state index < -0.39 is 0 Å². The van der Waals surface area contributed by atoms with E-state index in [1.807, 2.05) is 19.9 Å². The van der Waals surface area contributed by atoms with E-state index in [1.165, 1.54) is 12.3 Å². The van der Waals surface area contributed by atoms with Gasteiger partial charge in [-0.1, -0.05) is 13.8 Å². The fourth-order valence-corrected chi connectivity index (χ4v) is 3.57. The Kier molecular flexibility index (Phi) is 4.93. The third-order valence-electron chi connectivity index (χ3n) is 4.93. The highest BCUT2D eigenvalue weighted by Gasteiger charge is 2.28. The van der Waals surface area contributed by atoms with Crippen molar-refractivity contribution in [1.82, 2.24) is 24.9 Å². The number of anilines is 1. The summed E-state index contributed by atoms with van der Waals surface area (Å²) >= 11 is 0. The molecule has 0 saturated carbocycles. The number of nitrogens with zero attached hydrogens (tertiary/aromatic N) is 5. The maximum Gasteiger partial charge on any atom is 0.256 e. The number of hydrogen-bond acceptors (Lipinski definition) is 5. The average molecular weight is 382 g/mol. The van der Waals surface area contributed by atoms with Crippen LogP contribution in [0.4, 0.5) is 10.2 Å². The number of rotatable bonds is 5. The Hall–Kier alpha value is -3.03. The Balaban J connectivity index is 1.65. The summed E-state index contributed by atoms with van der Waals surface area (Å²) in [6.45, 7) is 5.49. The zero-order valence-electron chi connectivity index (χ0n) is 16.0. The Labute approximate surface area is 162 Å². The second kappa shape index (κ2) is 7.53. The Morgan fingerprint density at radius 1 is 1.36 bits per heavy atom. The van der Waals surface area contributed by atoms with Gasteiger partial charge in [-0.05, 0) is 36.5 Å². The van der Waals surface area contributed by atoms with Crippen LogP contribution < -0.4 is 10.2 Å². The van der Waals surface area contributed by atoms with Crippen molar-refractivity contribution in [3.8, 4) is 0 Å². The van der Waals surface area contributed by atoms with Crippen molar-refractivity contribution in [1.29, 1.82) is 0 Å². The van der Waals surface area contributed by atoms with E-state index in [2.05, 4.69) is 20.3 Å². The van der Waals surface area contributed by atoms with Gasteiger partial charge in [0, 0.05) is 25.5 Å². The SMILES string of the molecule is CC(C)CNC(=O)c1cnn2ccc(N3CCCC3c3cncc(F)c3)nc12. The normalized spacial score (nSPS) is 16.9. The minimum atomic E-state index is -0.340. The summed E-state index contributed by atoms with van der Waals surface area (Å²) in [5.74, 6) is 0.588. The zero-order chi connectivity index (χ0) is 19.7. The number of carbonyl (C=O) groups excluding carboxylic acids is 1. The first-order valence-electron chi connectivity index (χ1n) is 9.52. The second-order valence-electron chi connectivity index (χ2n) is 7.50. The Bertz CT molecular complexity index is 1000. The van der Waals surface area contributed by atoms with Gasteiger partial charge in [-0.3, -0.25) is 9.78 Å². The smallest absolute Gasteiger partial charge is 0.256 e. The molecule has 4 heterocycles. The van der Waals surface area contributed by atoms with Crippen molar-refractivity contribution in [3.05, 3.63) is 53.9 Å². The van der Waals surface area contributed by atoms with Gasteiger partial charge in [0.05, 0.1) is 18.4 Å². The second-order valence-corrected chi connectivity index (χ2v) is 7.50. The summed E-state index contributed by atoms with van der Waals surface area (Å²) < 4.78 is 15.2. The molecule has 3 aromatic heterocycles. The van der Waals surface area contributed by atoms with Crippen LogP contribution in [0.25, 0.3) is 5.65 Å². The van der Waals surface area contributed by atoms with Gasteiger partial charge in [-0.25, -0.2) is 13.9 Å². The zero-order valence-corrected chi connectivity index (χ0v) is 16.0. The quantitative estimate of drug-likeness (QED) is 0.734. The number of pyridine rings is 1. The highest BCUT2D eigenvalue weighted by molar-refractivity contribution is 5.99. The van der Waals surface area contributed by atoms with Gasteiger partial charge in [-0.2, -0.15) is 5.10 Å². The first-order chi connectivity index (χ1) is 13.5. The van der Waals surface area contributed by atoms with Gasteiger partial charge < -0.3 is 10.2 Å². The fourth-order valence-electron chi connectivity index (χ4n) is 3.57. The van der Waals surface area contributed by atoms with Crippen LogP contribution in [0.2, 0.25) is 0 Å². The fraction of sp³-hybridized carbons (Fsp3) is 0.400. The van der Waals surface area contributed by atoms with Crippen molar-refractivity contribution >= 4 is 17.4 Å². The van der Waals surface area contributed by atoms with E-state index in [9.17, 15) is 9.18 Å². The molecule has 1 atom stereocenters. The lowest BCUT2D eigenvalue weighted by atomic mass is 10.1. The average Bonchev–Trinajstić information content (AvgIpc) is 3.32. The molecule has 8 heteroatoms. The van der Waals surface area contributed by atoms with E-state index in [-0.39, 0.29) is 17.8 Å². The van der Waals surface area contributed by atoms with E-state index in [1.54, 1.807) is 23.1 Å². The molecule has 7 nitrogen and oxygen atoms in total. The van der Waals surface area contributed by atoms with Crippen molar-refractivity contribution < 1.29 is 9.18 Å². The highest BCUT2D eigenvalue weighted by Crippen LogP contribution is 2.35. The van der Waals surface area contributed by atoms with Crippen LogP contribution in [0.5, 0.6) is 0 Å². The number of fused-ring (bicyclic) bond motifs is 1. The minimum Gasteiger partial charge on any atom is -0.352 e. The largest absolute Gasteiger partial charge is 0.352 e. The first kappa shape index (κ1) is 18.3. The van der Waals surface area contributed by atoms with E-state index in [4.69, 9.17) is 4.98 Å². The lowest BCUT2D eigenvalue weighted by Crippen LogP contribution is -2.27. The summed E-state index contributed by atoms with van der Waals surface area (Å²) in [5.41, 5.74) is 1.80. The highest BCUT2D eigenvalue weighted by atomic mass is 19.1. The molecule has 1 fully saturated rings. The maximum atomic E-state index is 13.6. The summed E-state index contributed by atoms with van der Waals surface area (Å²) in [7, 11) is 0. The first-order valence-corrected chi connectivity index (χ1v) is 9.52. The summed E-state index contributed by atoms with van der Waals surface area (Å²) in [6, 6.07) is 3.41. The standard InChI is InChI=1S/C20H23FN6O/c1-13(2)9-23-20(28)16-12-24-27-7-5-18(25-19(16)27)26-6-3-4-17(26)14-8-15(21)11-22-10-14/h5,7-8,10-13,17H,3-4,6,9H2,1-2H3,(H,23,28). The predicted octanol–water partition coefficient (Wildman–Crippen LogP) is 2.99. The van der Waals surface area contributed by atoms with Crippen molar-refractivity contribution in [2.45, 2.75) is 32.7 Å². The number of halogens is 1. The molecule has 0 radical (unpaired) electrons. The molecule has 1 saturated heterocycles. The molecule has 0 aliphatic carbocycles. The van der Waals surface area contributed by atoms with Gasteiger partial charge in [0.1, 0.15) is 17.2 Å². The summed E-state index contributed by atoms with van der Waals surface area (Å²) in [4.78, 5) is 23.3. The Morgan fingerprint density at radius 2 is 2.21 bits per heavy atom. The third kappa shape index (κ3) is 3.54. The van der Waals surface area contributed by atoms with Gasteiger partial charge in [-0.15, -0.1) is 0 Å². The van der Waals surface area contributed by atoms with Gasteiger partial charge in [0.25, 0.3) is 5.91 Å². The number of aromatic nitrogens is 4. The molecular weight excluding hydrogens is 359 g/mol. The van der Waals surface area contributed by atoms with Crippen molar-refractivity contribution in [2.75, 3.05) is 18.0 Å². The van der Waals surface area contributed by atoms with Crippen LogP contribution in [-0.2, 0) is 0 Å². The number of carbonyl (C=O) groups is 1. The maximum absolute atomic E-state index is 13.6. The molecule has 0 bridgehead atoms. The molecule has 0 spiro atoms. The van der Waals surface area contributed by atoms with Crippen molar-refractivity contribution in [3.63, 3.8) is 0 Å². The molecule has 1 unspecified atom stereocenters. The molecule has 1 amide bonds. The van der Waals surface area contributed by atoms with Gasteiger partial charge >= 0.3 is 0 Å². The summed E-state index contributed by atoms with van der Waals surface area (Å²) in [5, 5.41) is 7.15. The molecular formula is C20H23FN6O. The number of amides is 1. The van der Waals surface area contributed by atoms with Crippen LogP contribution in [0.1, 0.15) is 48.7 Å². The van der Waals surface area contributed by atoms with Gasteiger partial charge in [0.15, 0.2) is 5.65 Å². The van der Waals surface area contributed by atoms with E-state index >= 15 is 0 Å².